The van der Waals surface area contributed by atoms with E-state index >= 15 is 0 Å². The van der Waals surface area contributed by atoms with Gasteiger partial charge in [0, 0.05) is 6.54 Å². The summed E-state index contributed by atoms with van der Waals surface area (Å²) in [5.41, 5.74) is 4.15. The first-order valence-corrected chi connectivity index (χ1v) is 5.96. The maximum absolute atomic E-state index is 11.9. The molecule has 0 radical (unpaired) electrons. The van der Waals surface area contributed by atoms with E-state index in [9.17, 15) is 4.79 Å². The van der Waals surface area contributed by atoms with Gasteiger partial charge in [-0.25, -0.2) is 0 Å². The first kappa shape index (κ1) is 12.4. The van der Waals surface area contributed by atoms with Crippen LogP contribution in [0.5, 0.6) is 0 Å². The van der Waals surface area contributed by atoms with Gasteiger partial charge in [0.25, 0.3) is 5.91 Å². The highest BCUT2D eigenvalue weighted by Gasteiger charge is 2.11. The van der Waals surface area contributed by atoms with Gasteiger partial charge in [0.2, 0.25) is 0 Å². The standard InChI is InChI=1S/C15H17NO2/c1-10-4-5-13(11(2)8-10)9-16-15(17)14-6-7-18-12(14)3/h4-8H,9H2,1-3H3,(H,16,17). The molecule has 1 N–H and O–H groups in total. The summed E-state index contributed by atoms with van der Waals surface area (Å²) in [6.45, 7) is 6.43. The molecule has 2 aromatic rings. The molecule has 0 bridgehead atoms. The monoisotopic (exact) mass is 243 g/mol. The van der Waals surface area contributed by atoms with Crippen molar-refractivity contribution in [3.8, 4) is 0 Å². The predicted molar refractivity (Wildman–Crippen MR) is 70.5 cm³/mol. The second kappa shape index (κ2) is 5.08. The second-order valence-electron chi connectivity index (χ2n) is 4.50. The van der Waals surface area contributed by atoms with Crippen LogP contribution in [0.4, 0.5) is 0 Å². The molecule has 18 heavy (non-hydrogen) atoms. The highest BCUT2D eigenvalue weighted by Crippen LogP contribution is 2.12. The normalized spacial score (nSPS) is 10.4. The van der Waals surface area contributed by atoms with Gasteiger partial charge in [0.05, 0.1) is 11.8 Å². The van der Waals surface area contributed by atoms with Crippen LogP contribution in [0.25, 0.3) is 0 Å². The summed E-state index contributed by atoms with van der Waals surface area (Å²) in [4.78, 5) is 11.9. The molecule has 1 amide bonds. The Morgan fingerprint density at radius 3 is 2.61 bits per heavy atom. The third kappa shape index (κ3) is 2.62. The number of amides is 1. The number of hydrogen-bond donors (Lipinski definition) is 1. The fraction of sp³-hybridized carbons (Fsp3) is 0.267. The number of benzene rings is 1. The molecule has 1 heterocycles. The summed E-state index contributed by atoms with van der Waals surface area (Å²) >= 11 is 0. The Bertz CT molecular complexity index is 570. The maximum atomic E-state index is 11.9. The van der Waals surface area contributed by atoms with E-state index in [1.165, 1.54) is 17.4 Å². The molecule has 3 nitrogen and oxygen atoms in total. The zero-order valence-electron chi connectivity index (χ0n) is 10.9. The quantitative estimate of drug-likeness (QED) is 0.899. The van der Waals surface area contributed by atoms with Crippen molar-refractivity contribution < 1.29 is 9.21 Å². The van der Waals surface area contributed by atoms with Gasteiger partial charge in [-0.1, -0.05) is 23.8 Å². The van der Waals surface area contributed by atoms with Crippen molar-refractivity contribution in [2.45, 2.75) is 27.3 Å². The van der Waals surface area contributed by atoms with Crippen molar-refractivity contribution in [1.82, 2.24) is 5.32 Å². The molecule has 94 valence electrons. The molecule has 0 unspecified atom stereocenters. The molecule has 0 fully saturated rings. The Balaban J connectivity index is 2.04. The van der Waals surface area contributed by atoms with Crippen LogP contribution in [-0.4, -0.2) is 5.91 Å². The van der Waals surface area contributed by atoms with Gasteiger partial charge < -0.3 is 9.73 Å². The van der Waals surface area contributed by atoms with E-state index in [-0.39, 0.29) is 5.91 Å². The van der Waals surface area contributed by atoms with Gasteiger partial charge >= 0.3 is 0 Å². The number of nitrogens with one attached hydrogen (secondary N) is 1. The van der Waals surface area contributed by atoms with Crippen LogP contribution >= 0.6 is 0 Å². The lowest BCUT2D eigenvalue weighted by Gasteiger charge is -2.08. The van der Waals surface area contributed by atoms with Gasteiger partial charge in [-0.15, -0.1) is 0 Å². The van der Waals surface area contributed by atoms with E-state index in [1.54, 1.807) is 13.0 Å². The van der Waals surface area contributed by atoms with E-state index < -0.39 is 0 Å². The minimum absolute atomic E-state index is 0.0961. The highest BCUT2D eigenvalue weighted by molar-refractivity contribution is 5.94. The SMILES string of the molecule is Cc1ccc(CNC(=O)c2ccoc2C)c(C)c1. The van der Waals surface area contributed by atoms with Crippen molar-refractivity contribution >= 4 is 5.91 Å². The van der Waals surface area contributed by atoms with Gasteiger partial charge in [-0.2, -0.15) is 0 Å². The van der Waals surface area contributed by atoms with E-state index in [0.717, 1.165) is 5.56 Å². The lowest BCUT2D eigenvalue weighted by molar-refractivity contribution is 0.0949. The average molecular weight is 243 g/mol. The van der Waals surface area contributed by atoms with Crippen LogP contribution < -0.4 is 5.32 Å². The second-order valence-corrected chi connectivity index (χ2v) is 4.50. The summed E-state index contributed by atoms with van der Waals surface area (Å²) in [7, 11) is 0. The number of aryl methyl sites for hydroxylation is 3. The molecule has 1 aromatic carbocycles. The lowest BCUT2D eigenvalue weighted by atomic mass is 10.1. The minimum atomic E-state index is -0.0961. The zero-order chi connectivity index (χ0) is 13.1. The Morgan fingerprint density at radius 1 is 1.22 bits per heavy atom. The molecule has 0 aliphatic rings. The average Bonchev–Trinajstić information content (AvgIpc) is 2.74. The van der Waals surface area contributed by atoms with E-state index in [4.69, 9.17) is 4.42 Å². The Morgan fingerprint density at radius 2 is 2.00 bits per heavy atom. The van der Waals surface area contributed by atoms with Crippen LogP contribution in [0.15, 0.2) is 34.9 Å². The van der Waals surface area contributed by atoms with E-state index in [2.05, 4.69) is 31.3 Å². The van der Waals surface area contributed by atoms with Crippen LogP contribution in [0.1, 0.15) is 32.8 Å². The molecule has 0 aliphatic heterocycles. The van der Waals surface area contributed by atoms with Crippen LogP contribution in [0.2, 0.25) is 0 Å². The zero-order valence-corrected chi connectivity index (χ0v) is 10.9. The third-order valence-corrected chi connectivity index (χ3v) is 3.04. The minimum Gasteiger partial charge on any atom is -0.469 e. The summed E-state index contributed by atoms with van der Waals surface area (Å²) in [5.74, 6) is 0.550. The smallest absolute Gasteiger partial charge is 0.255 e. The fourth-order valence-corrected chi connectivity index (χ4v) is 1.94. The van der Waals surface area contributed by atoms with Gasteiger partial charge in [0.1, 0.15) is 5.76 Å². The highest BCUT2D eigenvalue weighted by atomic mass is 16.3. The molecule has 0 atom stereocenters. The number of hydrogen-bond acceptors (Lipinski definition) is 2. The lowest BCUT2D eigenvalue weighted by Crippen LogP contribution is -2.23. The van der Waals surface area contributed by atoms with Gasteiger partial charge in [-0.05, 0) is 38.0 Å². The van der Waals surface area contributed by atoms with Crippen molar-refractivity contribution in [3.63, 3.8) is 0 Å². The molecule has 0 spiro atoms. The molecular weight excluding hydrogens is 226 g/mol. The molecular formula is C15H17NO2. The maximum Gasteiger partial charge on any atom is 0.255 e. The number of carbonyl (C=O) groups is 1. The van der Waals surface area contributed by atoms with Crippen LogP contribution in [-0.2, 0) is 6.54 Å². The van der Waals surface area contributed by atoms with Crippen LogP contribution in [0.3, 0.4) is 0 Å². The summed E-state index contributed by atoms with van der Waals surface area (Å²) in [6.07, 6.45) is 1.53. The van der Waals surface area contributed by atoms with Crippen molar-refractivity contribution in [2.24, 2.45) is 0 Å². The predicted octanol–water partition coefficient (Wildman–Crippen LogP) is 3.13. The Labute approximate surface area is 107 Å². The number of rotatable bonds is 3. The fourth-order valence-electron chi connectivity index (χ4n) is 1.94. The topological polar surface area (TPSA) is 42.2 Å². The summed E-state index contributed by atoms with van der Waals surface area (Å²) in [5, 5.41) is 2.90. The van der Waals surface area contributed by atoms with Crippen LogP contribution in [0, 0.1) is 20.8 Å². The van der Waals surface area contributed by atoms with Gasteiger partial charge in [-0.3, -0.25) is 4.79 Å². The molecule has 1 aromatic heterocycles. The summed E-state index contributed by atoms with van der Waals surface area (Å²) < 4.78 is 5.12. The largest absolute Gasteiger partial charge is 0.469 e. The summed E-state index contributed by atoms with van der Waals surface area (Å²) in [6, 6.07) is 7.90. The van der Waals surface area contributed by atoms with E-state index in [1.807, 2.05) is 6.07 Å². The number of furan rings is 1. The molecule has 2 rings (SSSR count). The van der Waals surface area contributed by atoms with Crippen molar-refractivity contribution in [2.75, 3.05) is 0 Å². The number of carbonyl (C=O) groups excluding carboxylic acids is 1. The van der Waals surface area contributed by atoms with Gasteiger partial charge in [0.15, 0.2) is 0 Å². The third-order valence-electron chi connectivity index (χ3n) is 3.04. The molecule has 0 aliphatic carbocycles. The van der Waals surface area contributed by atoms with Crippen molar-refractivity contribution in [3.05, 3.63) is 58.5 Å². The van der Waals surface area contributed by atoms with E-state index in [0.29, 0.717) is 17.9 Å². The first-order valence-electron chi connectivity index (χ1n) is 5.96. The first-order chi connectivity index (χ1) is 8.58. The molecule has 3 heteroatoms. The Hall–Kier alpha value is -2.03. The molecule has 0 saturated heterocycles. The van der Waals surface area contributed by atoms with Crippen molar-refractivity contribution in [1.29, 1.82) is 0 Å². The molecule has 0 saturated carbocycles. The Kier molecular flexibility index (Phi) is 3.51.